The van der Waals surface area contributed by atoms with Crippen molar-refractivity contribution < 1.29 is 0 Å². The summed E-state index contributed by atoms with van der Waals surface area (Å²) in [6, 6.07) is 6.15. The van der Waals surface area contributed by atoms with Gasteiger partial charge in [-0.05, 0) is 26.0 Å². The number of nitrogens with zero attached hydrogens (tertiary/aromatic N) is 8. The van der Waals surface area contributed by atoms with E-state index in [1.54, 1.807) is 6.33 Å². The van der Waals surface area contributed by atoms with Gasteiger partial charge in [-0.25, -0.2) is 24.6 Å². The Bertz CT molecular complexity index is 1040. The van der Waals surface area contributed by atoms with Crippen LogP contribution in [0.1, 0.15) is 37.0 Å². The molecule has 3 aromatic rings. The molecule has 2 atom stereocenters. The number of aryl methyl sites for hydroxylation is 2. The molecule has 2 aliphatic rings. The second kappa shape index (κ2) is 7.34. The van der Waals surface area contributed by atoms with Crippen LogP contribution in [0.2, 0.25) is 0 Å². The molecule has 3 aromatic heterocycles. The van der Waals surface area contributed by atoms with E-state index in [0.29, 0.717) is 17.8 Å². The number of hydrogen-bond acceptors (Lipinski definition) is 7. The minimum absolute atomic E-state index is 0.344. The van der Waals surface area contributed by atoms with Crippen LogP contribution >= 0.6 is 0 Å². The first-order valence-corrected chi connectivity index (χ1v) is 10.7. The normalized spacial score (nSPS) is 21.0. The van der Waals surface area contributed by atoms with Crippen LogP contribution in [-0.4, -0.2) is 55.9 Å². The molecule has 2 aliphatic heterocycles. The van der Waals surface area contributed by atoms with E-state index < -0.39 is 0 Å². The van der Waals surface area contributed by atoms with Crippen molar-refractivity contribution in [2.45, 2.75) is 33.6 Å². The lowest BCUT2D eigenvalue weighted by Gasteiger charge is -2.23. The summed E-state index contributed by atoms with van der Waals surface area (Å²) >= 11 is 0. The third kappa shape index (κ3) is 3.40. The lowest BCUT2D eigenvalue weighted by molar-refractivity contribution is 0.533. The Morgan fingerprint density at radius 1 is 0.867 bits per heavy atom. The highest BCUT2D eigenvalue weighted by atomic mass is 15.3. The SMILES string of the molecule is Cc1cc(C)n(-c2cc(N3CC4CN(c5ccnc(C(C)C)n5)CC4C3)ncn2)n1. The van der Waals surface area contributed by atoms with E-state index >= 15 is 0 Å². The number of aromatic nitrogens is 6. The van der Waals surface area contributed by atoms with Crippen LogP contribution in [-0.2, 0) is 0 Å². The molecule has 0 saturated carbocycles. The van der Waals surface area contributed by atoms with E-state index in [9.17, 15) is 0 Å². The van der Waals surface area contributed by atoms with E-state index in [0.717, 1.165) is 60.8 Å². The number of rotatable bonds is 4. The van der Waals surface area contributed by atoms with Crippen LogP contribution in [0.3, 0.4) is 0 Å². The van der Waals surface area contributed by atoms with Crippen LogP contribution in [0.15, 0.2) is 30.7 Å². The maximum absolute atomic E-state index is 4.79. The number of hydrogen-bond donors (Lipinski definition) is 0. The molecule has 0 aromatic carbocycles. The molecule has 5 heterocycles. The number of anilines is 2. The van der Waals surface area contributed by atoms with Gasteiger partial charge in [-0.2, -0.15) is 5.10 Å². The van der Waals surface area contributed by atoms with E-state index in [1.807, 2.05) is 23.9 Å². The first-order chi connectivity index (χ1) is 14.5. The van der Waals surface area contributed by atoms with Gasteiger partial charge in [0.25, 0.3) is 0 Å². The van der Waals surface area contributed by atoms with Gasteiger partial charge in [-0.3, -0.25) is 0 Å². The maximum Gasteiger partial charge on any atom is 0.159 e. The molecule has 0 bridgehead atoms. The third-order valence-electron chi connectivity index (χ3n) is 6.17. The molecular formula is C22H28N8. The Balaban J connectivity index is 1.30. The predicted octanol–water partition coefficient (Wildman–Crippen LogP) is 2.77. The van der Waals surface area contributed by atoms with Gasteiger partial charge in [0.05, 0.1) is 5.69 Å². The summed E-state index contributed by atoms with van der Waals surface area (Å²) in [5, 5.41) is 4.56. The van der Waals surface area contributed by atoms with E-state index in [1.165, 1.54) is 0 Å². The Kier molecular flexibility index (Phi) is 4.64. The molecule has 5 rings (SSSR count). The average molecular weight is 405 g/mol. The van der Waals surface area contributed by atoms with Crippen LogP contribution in [0.4, 0.5) is 11.6 Å². The molecule has 0 N–H and O–H groups in total. The van der Waals surface area contributed by atoms with Crippen LogP contribution in [0.5, 0.6) is 0 Å². The first-order valence-electron chi connectivity index (χ1n) is 10.7. The zero-order valence-corrected chi connectivity index (χ0v) is 18.0. The predicted molar refractivity (Wildman–Crippen MR) is 116 cm³/mol. The Morgan fingerprint density at radius 2 is 1.53 bits per heavy atom. The fourth-order valence-electron chi connectivity index (χ4n) is 4.67. The zero-order chi connectivity index (χ0) is 20.8. The summed E-state index contributed by atoms with van der Waals surface area (Å²) in [6.07, 6.45) is 3.54. The van der Waals surface area contributed by atoms with Crippen molar-refractivity contribution in [1.29, 1.82) is 0 Å². The molecule has 0 aliphatic carbocycles. The molecule has 8 nitrogen and oxygen atoms in total. The van der Waals surface area contributed by atoms with Crippen LogP contribution in [0.25, 0.3) is 5.82 Å². The molecule has 0 spiro atoms. The largest absolute Gasteiger partial charge is 0.356 e. The molecule has 156 valence electrons. The highest BCUT2D eigenvalue weighted by Crippen LogP contribution is 2.35. The van der Waals surface area contributed by atoms with Crippen molar-refractivity contribution in [2.75, 3.05) is 36.0 Å². The van der Waals surface area contributed by atoms with Crippen molar-refractivity contribution in [3.05, 3.63) is 47.9 Å². The van der Waals surface area contributed by atoms with Gasteiger partial charge in [0.1, 0.15) is 23.8 Å². The van der Waals surface area contributed by atoms with Gasteiger partial charge in [0.2, 0.25) is 0 Å². The molecule has 2 saturated heterocycles. The fraction of sp³-hybridized carbons (Fsp3) is 0.500. The minimum atomic E-state index is 0.344. The van der Waals surface area contributed by atoms with Gasteiger partial charge in [0, 0.05) is 61.9 Å². The number of fused-ring (bicyclic) bond motifs is 1. The summed E-state index contributed by atoms with van der Waals surface area (Å²) in [4.78, 5) is 23.0. The summed E-state index contributed by atoms with van der Waals surface area (Å²) < 4.78 is 1.89. The lowest BCUT2D eigenvalue weighted by Crippen LogP contribution is -2.30. The van der Waals surface area contributed by atoms with E-state index in [2.05, 4.69) is 62.8 Å². The molecule has 30 heavy (non-hydrogen) atoms. The van der Waals surface area contributed by atoms with Crippen molar-refractivity contribution in [1.82, 2.24) is 29.7 Å². The average Bonchev–Trinajstić information content (AvgIpc) is 3.41. The van der Waals surface area contributed by atoms with E-state index in [4.69, 9.17) is 4.98 Å². The van der Waals surface area contributed by atoms with Gasteiger partial charge in [-0.1, -0.05) is 13.8 Å². The van der Waals surface area contributed by atoms with Crippen molar-refractivity contribution >= 4 is 11.6 Å². The summed E-state index contributed by atoms with van der Waals surface area (Å²) in [5.41, 5.74) is 2.07. The second-order valence-electron chi connectivity index (χ2n) is 8.83. The van der Waals surface area contributed by atoms with Gasteiger partial charge >= 0.3 is 0 Å². The van der Waals surface area contributed by atoms with Gasteiger partial charge in [0.15, 0.2) is 5.82 Å². The van der Waals surface area contributed by atoms with Crippen LogP contribution < -0.4 is 9.80 Å². The smallest absolute Gasteiger partial charge is 0.159 e. The lowest BCUT2D eigenvalue weighted by atomic mass is 10.0. The van der Waals surface area contributed by atoms with Gasteiger partial charge < -0.3 is 9.80 Å². The van der Waals surface area contributed by atoms with Crippen molar-refractivity contribution in [3.8, 4) is 5.82 Å². The monoisotopic (exact) mass is 404 g/mol. The van der Waals surface area contributed by atoms with Gasteiger partial charge in [-0.15, -0.1) is 0 Å². The molecule has 2 fully saturated rings. The highest BCUT2D eigenvalue weighted by Gasteiger charge is 2.41. The molecule has 0 amide bonds. The molecule has 8 heteroatoms. The quantitative estimate of drug-likeness (QED) is 0.662. The standard InChI is InChI=1S/C22H28N8/c1-14(2)22-23-6-5-19(26-22)28-9-17-11-29(12-18(17)10-28)20-8-21(25-13-24-20)30-16(4)7-15(3)27-30/h5-8,13-14,17-18H,9-12H2,1-4H3. The van der Waals surface area contributed by atoms with Crippen molar-refractivity contribution in [2.24, 2.45) is 11.8 Å². The Morgan fingerprint density at radius 3 is 2.17 bits per heavy atom. The summed E-state index contributed by atoms with van der Waals surface area (Å²) in [7, 11) is 0. The topological polar surface area (TPSA) is 75.9 Å². The Hall–Kier alpha value is -3.03. The fourth-order valence-corrected chi connectivity index (χ4v) is 4.67. The van der Waals surface area contributed by atoms with Crippen LogP contribution in [0, 0.1) is 25.7 Å². The van der Waals surface area contributed by atoms with Crippen molar-refractivity contribution in [3.63, 3.8) is 0 Å². The highest BCUT2D eigenvalue weighted by molar-refractivity contribution is 5.47. The third-order valence-corrected chi connectivity index (χ3v) is 6.17. The molecule has 2 unspecified atom stereocenters. The summed E-state index contributed by atoms with van der Waals surface area (Å²) in [5.74, 6) is 5.37. The summed E-state index contributed by atoms with van der Waals surface area (Å²) in [6.45, 7) is 12.4. The minimum Gasteiger partial charge on any atom is -0.356 e. The second-order valence-corrected chi connectivity index (χ2v) is 8.83. The molecular weight excluding hydrogens is 376 g/mol. The Labute approximate surface area is 177 Å². The zero-order valence-electron chi connectivity index (χ0n) is 18.0. The van der Waals surface area contributed by atoms with E-state index in [-0.39, 0.29) is 0 Å². The molecule has 0 radical (unpaired) electrons. The maximum atomic E-state index is 4.79. The first kappa shape index (κ1) is 19.0.